The van der Waals surface area contributed by atoms with Crippen molar-refractivity contribution in [2.24, 2.45) is 16.7 Å². The van der Waals surface area contributed by atoms with Crippen molar-refractivity contribution in [2.75, 3.05) is 6.61 Å². The SMILES string of the molecule is CC1(C)CCCC2(C)C3=C(CCC12)COC3=O. The van der Waals surface area contributed by atoms with E-state index in [2.05, 4.69) is 20.8 Å². The maximum Gasteiger partial charge on any atom is 0.334 e. The van der Waals surface area contributed by atoms with Crippen molar-refractivity contribution in [1.82, 2.24) is 0 Å². The minimum atomic E-state index is -0.0232. The molecule has 3 rings (SSSR count). The van der Waals surface area contributed by atoms with Crippen LogP contribution in [0.15, 0.2) is 11.1 Å². The number of carbonyl (C=O) groups excluding carboxylic acids is 1. The van der Waals surface area contributed by atoms with Crippen molar-refractivity contribution in [1.29, 1.82) is 0 Å². The molecule has 0 spiro atoms. The van der Waals surface area contributed by atoms with E-state index >= 15 is 0 Å². The summed E-state index contributed by atoms with van der Waals surface area (Å²) in [6, 6.07) is 0. The van der Waals surface area contributed by atoms with Gasteiger partial charge in [-0.2, -0.15) is 0 Å². The lowest BCUT2D eigenvalue weighted by Gasteiger charge is -2.53. The minimum absolute atomic E-state index is 0.0232. The van der Waals surface area contributed by atoms with Crippen molar-refractivity contribution in [2.45, 2.75) is 52.9 Å². The van der Waals surface area contributed by atoms with Crippen molar-refractivity contribution in [3.05, 3.63) is 11.1 Å². The van der Waals surface area contributed by atoms with Gasteiger partial charge in [-0.15, -0.1) is 0 Å². The summed E-state index contributed by atoms with van der Waals surface area (Å²) in [6.45, 7) is 7.62. The largest absolute Gasteiger partial charge is 0.458 e. The van der Waals surface area contributed by atoms with E-state index < -0.39 is 0 Å². The van der Waals surface area contributed by atoms with Crippen LogP contribution in [0.25, 0.3) is 0 Å². The fraction of sp³-hybridized carbons (Fsp3) is 0.800. The first-order valence-corrected chi connectivity index (χ1v) is 6.85. The summed E-state index contributed by atoms with van der Waals surface area (Å²) in [5.41, 5.74) is 2.81. The first kappa shape index (κ1) is 11.3. The Morgan fingerprint density at radius 3 is 2.76 bits per heavy atom. The molecule has 3 aliphatic rings. The summed E-state index contributed by atoms with van der Waals surface area (Å²) in [6.07, 6.45) is 6.01. The summed E-state index contributed by atoms with van der Waals surface area (Å²) < 4.78 is 5.27. The molecule has 0 aromatic carbocycles. The minimum Gasteiger partial charge on any atom is -0.458 e. The Hall–Kier alpha value is -0.790. The van der Waals surface area contributed by atoms with Crippen LogP contribution < -0.4 is 0 Å². The Kier molecular flexibility index (Phi) is 2.24. The standard InChI is InChI=1S/C15H22O2/c1-14(2)7-4-8-15(3)11(14)6-5-10-9-17-13(16)12(10)15/h11H,4-9H2,1-3H3. The number of fused-ring (bicyclic) bond motifs is 2. The molecule has 0 bridgehead atoms. The molecule has 0 aromatic rings. The molecule has 94 valence electrons. The normalized spacial score (nSPS) is 39.7. The second-order valence-corrected chi connectivity index (χ2v) is 6.91. The van der Waals surface area contributed by atoms with Crippen molar-refractivity contribution < 1.29 is 9.53 Å². The third kappa shape index (κ3) is 1.42. The van der Waals surface area contributed by atoms with Gasteiger partial charge in [-0.1, -0.05) is 27.2 Å². The Balaban J connectivity index is 2.08. The Morgan fingerprint density at radius 2 is 2.00 bits per heavy atom. The second kappa shape index (κ2) is 3.37. The Bertz CT molecular complexity index is 405. The van der Waals surface area contributed by atoms with Gasteiger partial charge in [-0.05, 0) is 42.6 Å². The van der Waals surface area contributed by atoms with Gasteiger partial charge in [-0.3, -0.25) is 0 Å². The third-order valence-corrected chi connectivity index (χ3v) is 5.47. The lowest BCUT2D eigenvalue weighted by molar-refractivity contribution is -0.138. The van der Waals surface area contributed by atoms with Crippen molar-refractivity contribution >= 4 is 5.97 Å². The van der Waals surface area contributed by atoms with Crippen LogP contribution in [0.4, 0.5) is 0 Å². The quantitative estimate of drug-likeness (QED) is 0.600. The van der Waals surface area contributed by atoms with E-state index in [-0.39, 0.29) is 11.4 Å². The summed E-state index contributed by atoms with van der Waals surface area (Å²) in [4.78, 5) is 12.0. The van der Waals surface area contributed by atoms with Gasteiger partial charge in [0, 0.05) is 11.0 Å². The van der Waals surface area contributed by atoms with E-state index in [1.54, 1.807) is 0 Å². The van der Waals surface area contributed by atoms with E-state index in [1.807, 2.05) is 0 Å². The molecule has 0 N–H and O–H groups in total. The molecule has 1 saturated carbocycles. The average Bonchev–Trinajstić information content (AvgIpc) is 2.60. The fourth-order valence-corrected chi connectivity index (χ4v) is 4.72. The van der Waals surface area contributed by atoms with E-state index in [1.165, 1.54) is 24.8 Å². The highest BCUT2D eigenvalue weighted by molar-refractivity contribution is 5.93. The van der Waals surface area contributed by atoms with Crippen LogP contribution in [0.3, 0.4) is 0 Å². The molecule has 2 nitrogen and oxygen atoms in total. The predicted octanol–water partition coefficient (Wildman–Crippen LogP) is 3.47. The number of rotatable bonds is 0. The fourth-order valence-electron chi connectivity index (χ4n) is 4.72. The average molecular weight is 234 g/mol. The maximum absolute atomic E-state index is 12.0. The number of ether oxygens (including phenoxy) is 1. The molecule has 17 heavy (non-hydrogen) atoms. The highest BCUT2D eigenvalue weighted by Gasteiger charge is 2.54. The van der Waals surface area contributed by atoms with Gasteiger partial charge in [0.25, 0.3) is 0 Å². The zero-order valence-electron chi connectivity index (χ0n) is 11.1. The highest BCUT2D eigenvalue weighted by atomic mass is 16.5. The van der Waals surface area contributed by atoms with Gasteiger partial charge >= 0.3 is 5.97 Å². The molecule has 0 radical (unpaired) electrons. The number of hydrogen-bond acceptors (Lipinski definition) is 2. The van der Waals surface area contributed by atoms with Crippen LogP contribution in [0.5, 0.6) is 0 Å². The van der Waals surface area contributed by atoms with Gasteiger partial charge in [0.05, 0.1) is 0 Å². The second-order valence-electron chi connectivity index (χ2n) is 6.91. The first-order chi connectivity index (χ1) is 7.95. The molecular formula is C15H22O2. The molecule has 1 heterocycles. The monoisotopic (exact) mass is 234 g/mol. The number of hydrogen-bond donors (Lipinski definition) is 0. The van der Waals surface area contributed by atoms with Crippen LogP contribution in [0.1, 0.15) is 52.9 Å². The third-order valence-electron chi connectivity index (χ3n) is 5.47. The lowest BCUT2D eigenvalue weighted by Crippen LogP contribution is -2.46. The van der Waals surface area contributed by atoms with Crippen LogP contribution in [-0.4, -0.2) is 12.6 Å². The molecule has 2 unspecified atom stereocenters. The maximum atomic E-state index is 12.0. The highest BCUT2D eigenvalue weighted by Crippen LogP contribution is 2.60. The van der Waals surface area contributed by atoms with Crippen LogP contribution in [-0.2, 0) is 9.53 Å². The summed E-state index contributed by atoms with van der Waals surface area (Å²) in [5.74, 6) is 0.623. The molecule has 0 saturated heterocycles. The Labute approximate surface area is 103 Å². The molecular weight excluding hydrogens is 212 g/mol. The van der Waals surface area contributed by atoms with Gasteiger partial charge in [0.1, 0.15) is 6.61 Å². The first-order valence-electron chi connectivity index (χ1n) is 6.85. The van der Waals surface area contributed by atoms with Crippen LogP contribution in [0.2, 0.25) is 0 Å². The smallest absolute Gasteiger partial charge is 0.334 e. The van der Waals surface area contributed by atoms with E-state index in [9.17, 15) is 4.79 Å². The van der Waals surface area contributed by atoms with Crippen LogP contribution in [0, 0.1) is 16.7 Å². The van der Waals surface area contributed by atoms with Gasteiger partial charge in [0.15, 0.2) is 0 Å². The molecule has 0 aromatic heterocycles. The predicted molar refractivity (Wildman–Crippen MR) is 66.4 cm³/mol. The number of cyclic esters (lactones) is 1. The molecule has 1 fully saturated rings. The van der Waals surface area contributed by atoms with Gasteiger partial charge in [0.2, 0.25) is 0 Å². The summed E-state index contributed by atoms with van der Waals surface area (Å²) in [5, 5.41) is 0. The molecule has 2 aliphatic carbocycles. The van der Waals surface area contributed by atoms with Gasteiger partial charge in [-0.25, -0.2) is 4.79 Å². The molecule has 2 atom stereocenters. The van der Waals surface area contributed by atoms with E-state index in [4.69, 9.17) is 4.74 Å². The van der Waals surface area contributed by atoms with E-state index in [0.29, 0.717) is 17.9 Å². The lowest BCUT2D eigenvalue weighted by atomic mass is 9.50. The number of esters is 1. The van der Waals surface area contributed by atoms with Crippen molar-refractivity contribution in [3.63, 3.8) is 0 Å². The molecule has 0 amide bonds. The summed E-state index contributed by atoms with van der Waals surface area (Å²) >= 11 is 0. The van der Waals surface area contributed by atoms with Gasteiger partial charge < -0.3 is 4.74 Å². The van der Waals surface area contributed by atoms with Crippen LogP contribution >= 0.6 is 0 Å². The zero-order chi connectivity index (χ0) is 12.3. The topological polar surface area (TPSA) is 26.3 Å². The molecule has 2 heteroatoms. The van der Waals surface area contributed by atoms with Crippen molar-refractivity contribution in [3.8, 4) is 0 Å². The Morgan fingerprint density at radius 1 is 1.24 bits per heavy atom. The molecule has 1 aliphatic heterocycles. The summed E-state index contributed by atoms with van der Waals surface area (Å²) in [7, 11) is 0. The zero-order valence-corrected chi connectivity index (χ0v) is 11.1. The van der Waals surface area contributed by atoms with E-state index in [0.717, 1.165) is 18.4 Å². The number of carbonyl (C=O) groups is 1.